The zero-order chi connectivity index (χ0) is 14.3. The number of rotatable bonds is 3. The summed E-state index contributed by atoms with van der Waals surface area (Å²) in [4.78, 5) is 28.5. The van der Waals surface area contributed by atoms with Gasteiger partial charge in [-0.1, -0.05) is 0 Å². The maximum atomic E-state index is 12.4. The van der Waals surface area contributed by atoms with E-state index in [1.54, 1.807) is 18.2 Å². The standard InChI is InChI=1S/C15H19N3O2/c1-10(9-17-6-2-3-7-17)18-14(19)12-5-4-11(16)8-13(12)15(18)20/h4-5,8,10H,2-3,6-7,9,16H2,1H3. The quantitative estimate of drug-likeness (QED) is 0.667. The van der Waals surface area contributed by atoms with Crippen molar-refractivity contribution in [3.8, 4) is 0 Å². The fourth-order valence-electron chi connectivity index (χ4n) is 3.10. The van der Waals surface area contributed by atoms with Crippen molar-refractivity contribution in [3.05, 3.63) is 29.3 Å². The number of anilines is 1. The Morgan fingerprint density at radius 1 is 1.15 bits per heavy atom. The predicted octanol–water partition coefficient (Wildman–Crippen LogP) is 1.35. The third-order valence-corrected chi connectivity index (χ3v) is 4.10. The van der Waals surface area contributed by atoms with Crippen molar-refractivity contribution < 1.29 is 9.59 Å². The second-order valence-electron chi connectivity index (χ2n) is 5.64. The average molecular weight is 273 g/mol. The van der Waals surface area contributed by atoms with Crippen LogP contribution in [0.1, 0.15) is 40.5 Å². The second kappa shape index (κ2) is 4.90. The van der Waals surface area contributed by atoms with Crippen LogP contribution >= 0.6 is 0 Å². The second-order valence-corrected chi connectivity index (χ2v) is 5.64. The Bertz CT molecular complexity index is 564. The van der Waals surface area contributed by atoms with Crippen LogP contribution in [-0.4, -0.2) is 47.3 Å². The van der Waals surface area contributed by atoms with Crippen LogP contribution in [0, 0.1) is 0 Å². The Hall–Kier alpha value is -1.88. The van der Waals surface area contributed by atoms with Crippen molar-refractivity contribution in [1.29, 1.82) is 0 Å². The van der Waals surface area contributed by atoms with Gasteiger partial charge in [-0.05, 0) is 51.1 Å². The number of amides is 2. The van der Waals surface area contributed by atoms with Crippen LogP contribution in [0.4, 0.5) is 5.69 Å². The third-order valence-electron chi connectivity index (χ3n) is 4.10. The number of likely N-dealkylation sites (tertiary alicyclic amines) is 1. The lowest BCUT2D eigenvalue weighted by Crippen LogP contribution is -2.44. The van der Waals surface area contributed by atoms with Gasteiger partial charge >= 0.3 is 0 Å². The van der Waals surface area contributed by atoms with Gasteiger partial charge in [-0.3, -0.25) is 14.5 Å². The largest absolute Gasteiger partial charge is 0.399 e. The molecule has 0 radical (unpaired) electrons. The molecule has 2 aliphatic heterocycles. The molecule has 5 nitrogen and oxygen atoms in total. The Morgan fingerprint density at radius 2 is 1.80 bits per heavy atom. The van der Waals surface area contributed by atoms with Crippen LogP contribution in [-0.2, 0) is 0 Å². The lowest BCUT2D eigenvalue weighted by Gasteiger charge is -2.26. The minimum atomic E-state index is -0.219. The van der Waals surface area contributed by atoms with Crippen LogP contribution in [0.25, 0.3) is 0 Å². The van der Waals surface area contributed by atoms with Crippen molar-refractivity contribution >= 4 is 17.5 Å². The summed E-state index contributed by atoms with van der Waals surface area (Å²) in [5, 5.41) is 0. The molecule has 20 heavy (non-hydrogen) atoms. The van der Waals surface area contributed by atoms with Crippen molar-refractivity contribution in [3.63, 3.8) is 0 Å². The molecule has 0 spiro atoms. The SMILES string of the molecule is CC(CN1CCCC1)N1C(=O)c2ccc(N)cc2C1=O. The third kappa shape index (κ3) is 2.08. The van der Waals surface area contributed by atoms with Crippen LogP contribution in [0.2, 0.25) is 0 Å². The van der Waals surface area contributed by atoms with E-state index >= 15 is 0 Å². The maximum absolute atomic E-state index is 12.4. The van der Waals surface area contributed by atoms with Crippen molar-refractivity contribution in [2.24, 2.45) is 0 Å². The summed E-state index contributed by atoms with van der Waals surface area (Å²) in [5.74, 6) is -0.416. The highest BCUT2D eigenvalue weighted by Gasteiger charge is 2.39. The summed E-state index contributed by atoms with van der Waals surface area (Å²) in [7, 11) is 0. The van der Waals surface area contributed by atoms with E-state index in [4.69, 9.17) is 5.73 Å². The first-order valence-electron chi connectivity index (χ1n) is 7.07. The van der Waals surface area contributed by atoms with E-state index in [2.05, 4.69) is 4.90 Å². The molecule has 1 atom stereocenters. The van der Waals surface area contributed by atoms with Crippen LogP contribution < -0.4 is 5.73 Å². The highest BCUT2D eigenvalue weighted by Crippen LogP contribution is 2.27. The van der Waals surface area contributed by atoms with Gasteiger partial charge in [-0.25, -0.2) is 0 Å². The maximum Gasteiger partial charge on any atom is 0.261 e. The first-order chi connectivity index (χ1) is 9.58. The van der Waals surface area contributed by atoms with Gasteiger partial charge in [0.05, 0.1) is 17.2 Å². The Morgan fingerprint density at radius 3 is 2.50 bits per heavy atom. The normalized spacial score (nSPS) is 20.6. The highest BCUT2D eigenvalue weighted by atomic mass is 16.2. The van der Waals surface area contributed by atoms with E-state index in [0.717, 1.165) is 19.6 Å². The number of nitrogen functional groups attached to an aromatic ring is 1. The average Bonchev–Trinajstić information content (AvgIpc) is 2.98. The molecular weight excluding hydrogens is 254 g/mol. The highest BCUT2D eigenvalue weighted by molar-refractivity contribution is 6.21. The number of benzene rings is 1. The lowest BCUT2D eigenvalue weighted by molar-refractivity contribution is 0.0568. The number of carbonyl (C=O) groups is 2. The molecule has 2 heterocycles. The minimum absolute atomic E-state index is 0.110. The van der Waals surface area contributed by atoms with Gasteiger partial charge in [-0.15, -0.1) is 0 Å². The van der Waals surface area contributed by atoms with Crippen molar-refractivity contribution in [2.75, 3.05) is 25.4 Å². The predicted molar refractivity (Wildman–Crippen MR) is 76.5 cm³/mol. The molecule has 0 aliphatic carbocycles. The van der Waals surface area contributed by atoms with E-state index < -0.39 is 0 Å². The molecule has 2 N–H and O–H groups in total. The lowest BCUT2D eigenvalue weighted by atomic mass is 10.1. The van der Waals surface area contributed by atoms with Crippen molar-refractivity contribution in [1.82, 2.24) is 9.80 Å². The number of nitrogens with two attached hydrogens (primary N) is 1. The molecule has 1 fully saturated rings. The molecule has 2 amide bonds. The monoisotopic (exact) mass is 273 g/mol. The van der Waals surface area contributed by atoms with Gasteiger partial charge in [0, 0.05) is 12.2 Å². The summed E-state index contributed by atoms with van der Waals surface area (Å²) >= 11 is 0. The molecule has 1 saturated heterocycles. The molecule has 1 aromatic rings. The zero-order valence-corrected chi connectivity index (χ0v) is 11.6. The Kier molecular flexibility index (Phi) is 3.22. The minimum Gasteiger partial charge on any atom is -0.399 e. The van der Waals surface area contributed by atoms with Gasteiger partial charge in [0.15, 0.2) is 0 Å². The van der Waals surface area contributed by atoms with E-state index in [9.17, 15) is 9.59 Å². The van der Waals surface area contributed by atoms with Gasteiger partial charge < -0.3 is 10.6 Å². The molecule has 0 aromatic heterocycles. The molecule has 2 aliphatic rings. The summed E-state index contributed by atoms with van der Waals surface area (Å²) in [6, 6.07) is 4.80. The van der Waals surface area contributed by atoms with Crippen LogP contribution in [0.5, 0.6) is 0 Å². The number of carbonyl (C=O) groups excluding carboxylic acids is 2. The Labute approximate surface area is 118 Å². The zero-order valence-electron chi connectivity index (χ0n) is 11.6. The molecule has 5 heteroatoms. The van der Waals surface area contributed by atoms with E-state index in [0.29, 0.717) is 16.8 Å². The van der Waals surface area contributed by atoms with E-state index in [1.807, 2.05) is 6.92 Å². The first-order valence-corrected chi connectivity index (χ1v) is 7.07. The van der Waals surface area contributed by atoms with Crippen molar-refractivity contribution in [2.45, 2.75) is 25.8 Å². The summed E-state index contributed by atoms with van der Waals surface area (Å²) in [6.07, 6.45) is 2.40. The number of nitrogens with zero attached hydrogens (tertiary/aromatic N) is 2. The number of imide groups is 1. The molecule has 3 rings (SSSR count). The van der Waals surface area contributed by atoms with Gasteiger partial charge in [0.1, 0.15) is 0 Å². The van der Waals surface area contributed by atoms with E-state index in [-0.39, 0.29) is 17.9 Å². The molecule has 1 unspecified atom stereocenters. The molecule has 1 aromatic carbocycles. The number of fused-ring (bicyclic) bond motifs is 1. The van der Waals surface area contributed by atoms with Gasteiger partial charge in [0.2, 0.25) is 0 Å². The summed E-state index contributed by atoms with van der Waals surface area (Å²) in [6.45, 7) is 4.80. The number of hydrogen-bond acceptors (Lipinski definition) is 4. The van der Waals surface area contributed by atoms with Crippen LogP contribution in [0.15, 0.2) is 18.2 Å². The molecule has 106 valence electrons. The molecular formula is C15H19N3O2. The van der Waals surface area contributed by atoms with Crippen LogP contribution in [0.3, 0.4) is 0 Å². The summed E-state index contributed by atoms with van der Waals surface area (Å²) < 4.78 is 0. The molecule has 0 saturated carbocycles. The Balaban J connectivity index is 1.81. The topological polar surface area (TPSA) is 66.6 Å². The smallest absolute Gasteiger partial charge is 0.261 e. The fourth-order valence-corrected chi connectivity index (χ4v) is 3.10. The summed E-state index contributed by atoms with van der Waals surface area (Å²) in [5.41, 5.74) is 7.12. The molecule has 0 bridgehead atoms. The van der Waals surface area contributed by atoms with E-state index in [1.165, 1.54) is 17.7 Å². The fraction of sp³-hybridized carbons (Fsp3) is 0.467. The first kappa shape index (κ1) is 13.1. The van der Waals surface area contributed by atoms with Gasteiger partial charge in [-0.2, -0.15) is 0 Å². The number of hydrogen-bond donors (Lipinski definition) is 1. The van der Waals surface area contributed by atoms with Gasteiger partial charge in [0.25, 0.3) is 11.8 Å².